The first-order valence-electron chi connectivity index (χ1n) is 6.40. The number of nitrogens with zero attached hydrogens (tertiary/aromatic N) is 1. The molecule has 2 aromatic rings. The molecule has 0 radical (unpaired) electrons. The zero-order chi connectivity index (χ0) is 13.7. The first-order chi connectivity index (χ1) is 9.19. The van der Waals surface area contributed by atoms with Crippen LogP contribution in [0.2, 0.25) is 6.82 Å². The van der Waals surface area contributed by atoms with E-state index >= 15 is 0 Å². The maximum absolute atomic E-state index is 9.15. The summed E-state index contributed by atoms with van der Waals surface area (Å²) in [6, 6.07) is 18.8. The molecule has 2 rings (SSSR count). The summed E-state index contributed by atoms with van der Waals surface area (Å²) in [6.45, 7) is 4.27. The highest BCUT2D eigenvalue weighted by Crippen LogP contribution is 2.27. The Balaban J connectivity index is 2.09. The van der Waals surface area contributed by atoms with Crippen LogP contribution in [0.5, 0.6) is 0 Å². The van der Waals surface area contributed by atoms with E-state index in [2.05, 4.69) is 50.1 Å². The second-order valence-corrected chi connectivity index (χ2v) is 6.21. The molecule has 0 amide bonds. The second kappa shape index (κ2) is 6.49. The van der Waals surface area contributed by atoms with Crippen molar-refractivity contribution < 1.29 is 0 Å². The van der Waals surface area contributed by atoms with Gasteiger partial charge in [-0.15, -0.1) is 0 Å². The maximum atomic E-state index is 9.15. The molecule has 94 valence electrons. The summed E-state index contributed by atoms with van der Waals surface area (Å²) in [6.07, 6.45) is 1.02. The molecular weight excluding hydrogens is 249 g/mol. The number of rotatable bonds is 4. The molecule has 0 aromatic heterocycles. The molecule has 0 aliphatic rings. The Labute approximate surface area is 119 Å². The summed E-state index contributed by atoms with van der Waals surface area (Å²) in [5, 5.41) is 9.15. The number of hydrogen-bond donors (Lipinski definition) is 0. The van der Waals surface area contributed by atoms with E-state index in [1.54, 1.807) is 11.6 Å². The highest BCUT2D eigenvalue weighted by atomic mass is 32.2. The molecule has 0 aliphatic carbocycles. The molecule has 0 spiro atoms. The minimum Gasteiger partial charge on any atom is -0.192 e. The van der Waals surface area contributed by atoms with E-state index in [1.807, 2.05) is 18.2 Å². The molecule has 0 bridgehead atoms. The topological polar surface area (TPSA) is 23.8 Å². The van der Waals surface area contributed by atoms with Gasteiger partial charge in [-0.05, 0) is 30.9 Å². The molecule has 0 fully saturated rings. The Hall–Kier alpha value is -1.66. The maximum Gasteiger partial charge on any atom is 0.217 e. The molecule has 0 aliphatic heterocycles. The van der Waals surface area contributed by atoms with Gasteiger partial charge < -0.3 is 0 Å². The highest BCUT2D eigenvalue weighted by molar-refractivity contribution is 8.25. The van der Waals surface area contributed by atoms with Crippen LogP contribution < -0.4 is 0 Å². The molecule has 2 aromatic carbocycles. The van der Waals surface area contributed by atoms with Crippen LogP contribution in [0, 0.1) is 18.3 Å². The summed E-state index contributed by atoms with van der Waals surface area (Å²) < 4.78 is 0. The lowest BCUT2D eigenvalue weighted by molar-refractivity contribution is 1.31. The van der Waals surface area contributed by atoms with Gasteiger partial charge in [0, 0.05) is 4.90 Å². The van der Waals surface area contributed by atoms with Crippen molar-refractivity contribution in [2.45, 2.75) is 25.0 Å². The van der Waals surface area contributed by atoms with Gasteiger partial charge in [0.25, 0.3) is 0 Å². The van der Waals surface area contributed by atoms with Crippen LogP contribution in [0.3, 0.4) is 0 Å². The number of nitriles is 1. The number of aryl methyl sites for hydroxylation is 1. The van der Waals surface area contributed by atoms with Gasteiger partial charge in [-0.3, -0.25) is 0 Å². The molecule has 0 unspecified atom stereocenters. The van der Waals surface area contributed by atoms with Crippen molar-refractivity contribution in [3.63, 3.8) is 0 Å². The van der Waals surface area contributed by atoms with Gasteiger partial charge in [0.05, 0.1) is 5.56 Å². The third-order valence-corrected chi connectivity index (χ3v) is 4.11. The van der Waals surface area contributed by atoms with Crippen molar-refractivity contribution in [2.75, 3.05) is 0 Å². The first-order valence-corrected chi connectivity index (χ1v) is 7.28. The van der Waals surface area contributed by atoms with Gasteiger partial charge in [0.1, 0.15) is 6.07 Å². The Kier molecular flexibility index (Phi) is 4.71. The fourth-order valence-corrected chi connectivity index (χ4v) is 3.23. The average molecular weight is 265 g/mol. The summed E-state index contributed by atoms with van der Waals surface area (Å²) in [5.41, 5.74) is 3.32. The van der Waals surface area contributed by atoms with Crippen LogP contribution in [0.15, 0.2) is 53.4 Å². The fourth-order valence-electron chi connectivity index (χ4n) is 2.02. The quantitative estimate of drug-likeness (QED) is 0.767. The molecule has 1 nitrogen and oxygen atoms in total. The number of benzene rings is 2. The Morgan fingerprint density at radius 2 is 1.89 bits per heavy atom. The molecule has 0 atom stereocenters. The van der Waals surface area contributed by atoms with E-state index in [4.69, 9.17) is 5.26 Å². The van der Waals surface area contributed by atoms with Gasteiger partial charge in [0.2, 0.25) is 5.99 Å². The van der Waals surface area contributed by atoms with Crippen molar-refractivity contribution in [1.82, 2.24) is 0 Å². The summed E-state index contributed by atoms with van der Waals surface area (Å²) in [7, 11) is 0. The predicted octanol–water partition coefficient (Wildman–Crippen LogP) is 4.36. The summed E-state index contributed by atoms with van der Waals surface area (Å²) >= 11 is 1.78. The van der Waals surface area contributed by atoms with Gasteiger partial charge in [-0.25, -0.2) is 0 Å². The van der Waals surface area contributed by atoms with E-state index in [9.17, 15) is 0 Å². The zero-order valence-corrected chi connectivity index (χ0v) is 12.1. The van der Waals surface area contributed by atoms with E-state index in [0.29, 0.717) is 5.99 Å². The van der Waals surface area contributed by atoms with Crippen molar-refractivity contribution in [3.8, 4) is 6.07 Å². The summed E-state index contributed by atoms with van der Waals surface area (Å²) in [5.74, 6) is 0.455. The van der Waals surface area contributed by atoms with Gasteiger partial charge in [-0.2, -0.15) is 16.9 Å². The molecule has 0 N–H and O–H groups in total. The van der Waals surface area contributed by atoms with E-state index < -0.39 is 0 Å². The van der Waals surface area contributed by atoms with Crippen molar-refractivity contribution in [1.29, 1.82) is 5.26 Å². The molecule has 19 heavy (non-hydrogen) atoms. The largest absolute Gasteiger partial charge is 0.217 e. The monoisotopic (exact) mass is 265 g/mol. The smallest absolute Gasteiger partial charge is 0.192 e. The molecule has 0 saturated carbocycles. The molecule has 0 heterocycles. The SMILES string of the molecule is CB(Cc1ccccc1)Sc1cc(C)ccc1C#N. The minimum absolute atomic E-state index is 0.455. The Morgan fingerprint density at radius 1 is 1.16 bits per heavy atom. The van der Waals surface area contributed by atoms with E-state index in [0.717, 1.165) is 16.8 Å². The fraction of sp³-hybridized carbons (Fsp3) is 0.188. The summed E-state index contributed by atoms with van der Waals surface area (Å²) in [4.78, 5) is 1.09. The van der Waals surface area contributed by atoms with Crippen molar-refractivity contribution in [2.24, 2.45) is 0 Å². The Bertz CT molecular complexity index is 589. The van der Waals surface area contributed by atoms with Crippen molar-refractivity contribution in [3.05, 3.63) is 65.2 Å². The third-order valence-electron chi connectivity index (χ3n) is 2.95. The standard InChI is InChI=1S/C16H16BNS/c1-13-8-9-15(12-18)16(10-13)19-17(2)11-14-6-4-3-5-7-14/h3-10H,11H2,1-2H3. The first kappa shape index (κ1) is 13.8. The minimum atomic E-state index is 0.455. The van der Waals surface area contributed by atoms with Gasteiger partial charge in [-0.1, -0.05) is 48.8 Å². The highest BCUT2D eigenvalue weighted by Gasteiger charge is 2.12. The lowest BCUT2D eigenvalue weighted by Gasteiger charge is -2.10. The lowest BCUT2D eigenvalue weighted by Crippen LogP contribution is -2.07. The molecular formula is C16H16BNS. The molecule has 0 saturated heterocycles. The van der Waals surface area contributed by atoms with Crippen LogP contribution in [0.25, 0.3) is 0 Å². The van der Waals surface area contributed by atoms with Crippen LogP contribution in [-0.4, -0.2) is 5.99 Å². The number of hydrogen-bond acceptors (Lipinski definition) is 2. The lowest BCUT2D eigenvalue weighted by atomic mass is 9.72. The second-order valence-electron chi connectivity index (χ2n) is 4.73. The Morgan fingerprint density at radius 3 is 2.58 bits per heavy atom. The molecule has 3 heteroatoms. The van der Waals surface area contributed by atoms with E-state index in [-0.39, 0.29) is 0 Å². The van der Waals surface area contributed by atoms with E-state index in [1.165, 1.54) is 11.1 Å². The normalized spacial score (nSPS) is 9.95. The predicted molar refractivity (Wildman–Crippen MR) is 83.5 cm³/mol. The van der Waals surface area contributed by atoms with Crippen LogP contribution in [0.4, 0.5) is 0 Å². The van der Waals surface area contributed by atoms with Crippen LogP contribution >= 0.6 is 11.6 Å². The average Bonchev–Trinajstić information content (AvgIpc) is 2.40. The zero-order valence-electron chi connectivity index (χ0n) is 11.3. The third kappa shape index (κ3) is 3.91. The van der Waals surface area contributed by atoms with Crippen molar-refractivity contribution >= 4 is 17.6 Å². The van der Waals surface area contributed by atoms with Gasteiger partial charge >= 0.3 is 0 Å². The van der Waals surface area contributed by atoms with Gasteiger partial charge in [0.15, 0.2) is 0 Å². The van der Waals surface area contributed by atoms with Crippen LogP contribution in [-0.2, 0) is 6.32 Å². The van der Waals surface area contributed by atoms with Crippen LogP contribution in [0.1, 0.15) is 16.7 Å².